The monoisotopic (exact) mass is 468 g/mol. The normalized spacial score (nSPS) is 21.9. The second-order valence-electron chi connectivity index (χ2n) is 8.95. The van der Waals surface area contributed by atoms with Crippen LogP contribution in [0.2, 0.25) is 0 Å². The molecular formula is C23H29FN8O2. The lowest BCUT2D eigenvalue weighted by molar-refractivity contribution is -0.117. The van der Waals surface area contributed by atoms with Crippen LogP contribution in [0.15, 0.2) is 24.5 Å². The van der Waals surface area contributed by atoms with Gasteiger partial charge in [0.2, 0.25) is 11.9 Å². The minimum absolute atomic E-state index is 0.0565. The second-order valence-corrected chi connectivity index (χ2v) is 8.95. The van der Waals surface area contributed by atoms with Crippen LogP contribution in [-0.4, -0.2) is 67.7 Å². The van der Waals surface area contributed by atoms with Gasteiger partial charge in [-0.1, -0.05) is 6.92 Å². The van der Waals surface area contributed by atoms with Gasteiger partial charge in [-0.15, -0.1) is 0 Å². The van der Waals surface area contributed by atoms with Crippen LogP contribution < -0.4 is 15.1 Å². The summed E-state index contributed by atoms with van der Waals surface area (Å²) in [6.45, 7) is 5.41. The molecule has 0 radical (unpaired) electrons. The highest BCUT2D eigenvalue weighted by molar-refractivity contribution is 6.03. The lowest BCUT2D eigenvalue weighted by Gasteiger charge is -2.32. The van der Waals surface area contributed by atoms with Crippen molar-refractivity contribution in [2.24, 2.45) is 0 Å². The number of amides is 1. The Bertz CT molecular complexity index is 1200. The van der Waals surface area contributed by atoms with Crippen molar-refractivity contribution >= 4 is 40.2 Å². The number of hydrogen-bond donors (Lipinski definition) is 2. The minimum atomic E-state index is -1.32. The first-order chi connectivity index (χ1) is 16.4. The number of rotatable bonds is 6. The van der Waals surface area contributed by atoms with Crippen LogP contribution >= 0.6 is 0 Å². The molecule has 34 heavy (non-hydrogen) atoms. The summed E-state index contributed by atoms with van der Waals surface area (Å²) in [5, 5.41) is 18.5. The van der Waals surface area contributed by atoms with Crippen LogP contribution in [0.1, 0.15) is 45.6 Å². The fourth-order valence-corrected chi connectivity index (χ4v) is 4.44. The molecule has 0 saturated carbocycles. The van der Waals surface area contributed by atoms with E-state index in [1.54, 1.807) is 28.3 Å². The largest absolute Gasteiger partial charge is 0.390 e. The number of carbonyl (C=O) groups excluding carboxylic acids is 1. The number of aromatic nitrogens is 5. The first-order valence-corrected chi connectivity index (χ1v) is 11.8. The van der Waals surface area contributed by atoms with Crippen LogP contribution in [0, 0.1) is 0 Å². The SMILES string of the molecule is CCC(C)n1nc(N2CCCC2=O)c2cnc(Nc3ccnc(N4CCC(O)C(F)C4)n3)cc21. The Hall–Kier alpha value is -3.34. The Kier molecular flexibility index (Phi) is 6.03. The fourth-order valence-electron chi connectivity index (χ4n) is 4.44. The third-order valence-electron chi connectivity index (χ3n) is 6.60. The van der Waals surface area contributed by atoms with Crippen molar-refractivity contribution in [1.82, 2.24) is 24.7 Å². The third kappa shape index (κ3) is 4.15. The highest BCUT2D eigenvalue weighted by atomic mass is 19.1. The smallest absolute Gasteiger partial charge is 0.228 e. The van der Waals surface area contributed by atoms with E-state index in [2.05, 4.69) is 34.1 Å². The molecule has 5 heterocycles. The summed E-state index contributed by atoms with van der Waals surface area (Å²) in [6, 6.07) is 3.79. The van der Waals surface area contributed by atoms with Crippen LogP contribution in [0.3, 0.4) is 0 Å². The van der Waals surface area contributed by atoms with Crippen molar-refractivity contribution < 1.29 is 14.3 Å². The number of nitrogens with zero attached hydrogens (tertiary/aromatic N) is 7. The number of carbonyl (C=O) groups is 1. The standard InChI is InChI=1S/C23H29FN8O2/c1-3-14(2)32-17-11-20(26-12-15(17)22(29-32)31-9-4-5-21(31)34)27-19-6-8-25-23(28-19)30-10-7-18(33)16(24)13-30/h6,8,11-12,14,16,18,33H,3-5,7,9-10,13H2,1-2H3,(H,25,26,27,28). The first-order valence-electron chi connectivity index (χ1n) is 11.8. The first kappa shape index (κ1) is 22.5. The van der Waals surface area contributed by atoms with E-state index in [1.807, 2.05) is 10.7 Å². The maximum atomic E-state index is 14.0. The predicted molar refractivity (Wildman–Crippen MR) is 127 cm³/mol. The van der Waals surface area contributed by atoms with Crippen molar-refractivity contribution in [2.45, 2.75) is 57.8 Å². The molecule has 5 rings (SSSR count). The number of pyridine rings is 1. The molecule has 3 atom stereocenters. The summed E-state index contributed by atoms with van der Waals surface area (Å²) in [6.07, 6.45) is 3.69. The number of hydrogen-bond acceptors (Lipinski definition) is 8. The molecule has 1 amide bonds. The van der Waals surface area contributed by atoms with Gasteiger partial charge in [0.25, 0.3) is 0 Å². The maximum absolute atomic E-state index is 14.0. The summed E-state index contributed by atoms with van der Waals surface area (Å²) >= 11 is 0. The van der Waals surface area contributed by atoms with E-state index in [0.717, 1.165) is 23.7 Å². The summed E-state index contributed by atoms with van der Waals surface area (Å²) < 4.78 is 15.9. The Morgan fingerprint density at radius 2 is 2.15 bits per heavy atom. The molecule has 2 aliphatic heterocycles. The highest BCUT2D eigenvalue weighted by Gasteiger charge is 2.29. The number of alkyl halides is 1. The number of anilines is 4. The second kappa shape index (κ2) is 9.13. The molecule has 0 aromatic carbocycles. The van der Waals surface area contributed by atoms with E-state index < -0.39 is 12.3 Å². The molecule has 11 heteroatoms. The minimum Gasteiger partial charge on any atom is -0.390 e. The van der Waals surface area contributed by atoms with Crippen molar-refractivity contribution in [1.29, 1.82) is 0 Å². The van der Waals surface area contributed by atoms with Gasteiger partial charge in [0.1, 0.15) is 17.8 Å². The topological polar surface area (TPSA) is 112 Å². The van der Waals surface area contributed by atoms with Crippen LogP contribution in [0.5, 0.6) is 0 Å². The van der Waals surface area contributed by atoms with Gasteiger partial charge in [-0.05, 0) is 32.3 Å². The number of piperidine rings is 1. The Labute approximate surface area is 196 Å². The highest BCUT2D eigenvalue weighted by Crippen LogP contribution is 2.33. The van der Waals surface area contributed by atoms with E-state index in [1.165, 1.54) is 0 Å². The number of aliphatic hydroxyl groups excluding tert-OH is 1. The fraction of sp³-hybridized carbons (Fsp3) is 0.522. The van der Waals surface area contributed by atoms with Gasteiger partial charge in [-0.3, -0.25) is 14.4 Å². The Morgan fingerprint density at radius 1 is 1.29 bits per heavy atom. The van der Waals surface area contributed by atoms with E-state index in [0.29, 0.717) is 49.3 Å². The maximum Gasteiger partial charge on any atom is 0.228 e. The molecule has 2 N–H and O–H groups in total. The van der Waals surface area contributed by atoms with Crippen molar-refractivity contribution in [3.63, 3.8) is 0 Å². The van der Waals surface area contributed by atoms with Crippen molar-refractivity contribution in [2.75, 3.05) is 34.8 Å². The van der Waals surface area contributed by atoms with Gasteiger partial charge in [0.15, 0.2) is 5.82 Å². The van der Waals surface area contributed by atoms with Crippen molar-refractivity contribution in [3.05, 3.63) is 24.5 Å². The van der Waals surface area contributed by atoms with Gasteiger partial charge in [-0.25, -0.2) is 14.4 Å². The molecule has 0 spiro atoms. The molecule has 0 bridgehead atoms. The quantitative estimate of drug-likeness (QED) is 0.568. The molecule has 2 aliphatic rings. The zero-order chi connectivity index (χ0) is 23.8. The lowest BCUT2D eigenvalue weighted by Crippen LogP contribution is -2.45. The van der Waals surface area contributed by atoms with Gasteiger partial charge in [-0.2, -0.15) is 10.1 Å². The molecule has 2 saturated heterocycles. The summed E-state index contributed by atoms with van der Waals surface area (Å²) in [4.78, 5) is 29.2. The molecule has 3 aromatic heterocycles. The van der Waals surface area contributed by atoms with Crippen molar-refractivity contribution in [3.8, 4) is 0 Å². The van der Waals surface area contributed by atoms with E-state index >= 15 is 0 Å². The zero-order valence-electron chi connectivity index (χ0n) is 19.4. The third-order valence-corrected chi connectivity index (χ3v) is 6.60. The van der Waals surface area contributed by atoms with Crippen LogP contribution in [0.25, 0.3) is 10.9 Å². The molecule has 180 valence electrons. The Balaban J connectivity index is 1.44. The van der Waals surface area contributed by atoms with Crippen LogP contribution in [-0.2, 0) is 4.79 Å². The lowest BCUT2D eigenvalue weighted by atomic mass is 10.1. The molecule has 3 unspecified atom stereocenters. The summed E-state index contributed by atoms with van der Waals surface area (Å²) in [5.74, 6) is 2.27. The average molecular weight is 469 g/mol. The molecule has 2 fully saturated rings. The molecular weight excluding hydrogens is 439 g/mol. The summed E-state index contributed by atoms with van der Waals surface area (Å²) in [7, 11) is 0. The number of halogens is 1. The van der Waals surface area contributed by atoms with Gasteiger partial charge < -0.3 is 15.3 Å². The van der Waals surface area contributed by atoms with Gasteiger partial charge >= 0.3 is 0 Å². The predicted octanol–water partition coefficient (Wildman–Crippen LogP) is 2.97. The molecule has 10 nitrogen and oxygen atoms in total. The number of fused-ring (bicyclic) bond motifs is 1. The van der Waals surface area contributed by atoms with E-state index in [-0.39, 0.29) is 18.5 Å². The zero-order valence-corrected chi connectivity index (χ0v) is 19.4. The Morgan fingerprint density at radius 3 is 2.88 bits per heavy atom. The molecule has 0 aliphatic carbocycles. The van der Waals surface area contributed by atoms with E-state index in [9.17, 15) is 14.3 Å². The van der Waals surface area contributed by atoms with Gasteiger partial charge in [0.05, 0.1) is 23.6 Å². The number of nitrogens with one attached hydrogen (secondary N) is 1. The number of aliphatic hydroxyl groups is 1. The van der Waals surface area contributed by atoms with E-state index in [4.69, 9.17) is 5.10 Å². The van der Waals surface area contributed by atoms with Gasteiger partial charge in [0, 0.05) is 44.0 Å². The average Bonchev–Trinajstić information content (AvgIpc) is 3.43. The molecule has 3 aromatic rings. The summed E-state index contributed by atoms with van der Waals surface area (Å²) in [5.41, 5.74) is 0.890. The van der Waals surface area contributed by atoms with Crippen LogP contribution in [0.4, 0.5) is 27.8 Å².